The summed E-state index contributed by atoms with van der Waals surface area (Å²) in [6, 6.07) is 20.7. The standard InChI is InChI=1S/C28H27N3O2/c32-27(33)15-23-9-4-8-22-14-20(11-12-26(22)23)18-31-19-25(17-30-31)28(21-6-2-1-3-7-21)24-10-5-13-29-16-24/h1-10,13,16-17,19-20,28H,11-12,14-15,18H2,(H,32,33). The molecule has 4 aromatic rings. The monoisotopic (exact) mass is 437 g/mol. The van der Waals surface area contributed by atoms with Gasteiger partial charge < -0.3 is 5.11 Å². The molecule has 1 aliphatic carbocycles. The van der Waals surface area contributed by atoms with E-state index >= 15 is 0 Å². The van der Waals surface area contributed by atoms with Crippen LogP contribution in [0.3, 0.4) is 0 Å². The lowest BCUT2D eigenvalue weighted by molar-refractivity contribution is -0.136. The Balaban J connectivity index is 1.35. The summed E-state index contributed by atoms with van der Waals surface area (Å²) in [4.78, 5) is 15.5. The van der Waals surface area contributed by atoms with Crippen molar-refractivity contribution in [3.63, 3.8) is 0 Å². The second-order valence-corrected chi connectivity index (χ2v) is 8.86. The van der Waals surface area contributed by atoms with E-state index in [1.807, 2.05) is 36.7 Å². The zero-order valence-electron chi connectivity index (χ0n) is 18.5. The smallest absolute Gasteiger partial charge is 0.307 e. The Morgan fingerprint density at radius 1 is 1.00 bits per heavy atom. The van der Waals surface area contributed by atoms with Crippen LogP contribution >= 0.6 is 0 Å². The number of pyridine rings is 1. The molecule has 2 heterocycles. The number of aromatic nitrogens is 3. The summed E-state index contributed by atoms with van der Waals surface area (Å²) in [5.41, 5.74) is 7.02. The molecular formula is C28H27N3O2. The number of hydrogen-bond acceptors (Lipinski definition) is 3. The quantitative estimate of drug-likeness (QED) is 0.447. The minimum Gasteiger partial charge on any atom is -0.481 e. The number of carboxylic acid groups (broad SMARTS) is 1. The van der Waals surface area contributed by atoms with Crippen molar-refractivity contribution in [3.05, 3.63) is 119 Å². The summed E-state index contributed by atoms with van der Waals surface area (Å²) in [5, 5.41) is 13.9. The first-order chi connectivity index (χ1) is 16.2. The van der Waals surface area contributed by atoms with E-state index in [1.54, 1.807) is 6.20 Å². The van der Waals surface area contributed by atoms with Crippen molar-refractivity contribution in [1.29, 1.82) is 0 Å². The van der Waals surface area contributed by atoms with Crippen LogP contribution in [0.1, 0.15) is 45.7 Å². The van der Waals surface area contributed by atoms with Crippen LogP contribution in [-0.4, -0.2) is 25.8 Å². The van der Waals surface area contributed by atoms with E-state index in [4.69, 9.17) is 5.10 Å². The van der Waals surface area contributed by atoms with Crippen LogP contribution in [0.25, 0.3) is 0 Å². The van der Waals surface area contributed by atoms with E-state index in [0.29, 0.717) is 5.92 Å². The molecule has 5 heteroatoms. The Hall–Kier alpha value is -3.73. The highest BCUT2D eigenvalue weighted by atomic mass is 16.4. The molecule has 5 nitrogen and oxygen atoms in total. The van der Waals surface area contributed by atoms with Gasteiger partial charge in [0.1, 0.15) is 0 Å². The van der Waals surface area contributed by atoms with Crippen LogP contribution in [0.4, 0.5) is 0 Å². The van der Waals surface area contributed by atoms with Crippen LogP contribution < -0.4 is 0 Å². The van der Waals surface area contributed by atoms with Crippen molar-refractivity contribution < 1.29 is 9.90 Å². The first-order valence-corrected chi connectivity index (χ1v) is 11.5. The van der Waals surface area contributed by atoms with Gasteiger partial charge in [-0.15, -0.1) is 0 Å². The molecule has 1 N–H and O–H groups in total. The maximum absolute atomic E-state index is 11.2. The summed E-state index contributed by atoms with van der Waals surface area (Å²) in [6.45, 7) is 0.858. The van der Waals surface area contributed by atoms with Crippen molar-refractivity contribution in [2.45, 2.75) is 38.1 Å². The predicted octanol–water partition coefficient (Wildman–Crippen LogP) is 4.89. The molecule has 0 aliphatic heterocycles. The van der Waals surface area contributed by atoms with Gasteiger partial charge in [-0.3, -0.25) is 14.5 Å². The molecule has 0 bridgehead atoms. The molecule has 0 saturated carbocycles. The van der Waals surface area contributed by atoms with Crippen molar-refractivity contribution >= 4 is 5.97 Å². The number of aliphatic carboxylic acids is 1. The van der Waals surface area contributed by atoms with E-state index in [1.165, 1.54) is 16.7 Å². The van der Waals surface area contributed by atoms with Crippen LogP contribution in [0, 0.1) is 5.92 Å². The third kappa shape index (κ3) is 4.72. The summed E-state index contributed by atoms with van der Waals surface area (Å²) in [7, 11) is 0. The molecule has 0 spiro atoms. The molecule has 2 aromatic carbocycles. The fourth-order valence-electron chi connectivity index (χ4n) is 5.11. The van der Waals surface area contributed by atoms with Crippen LogP contribution in [0.5, 0.6) is 0 Å². The average molecular weight is 438 g/mol. The van der Waals surface area contributed by atoms with Crippen LogP contribution in [-0.2, 0) is 30.6 Å². The number of benzene rings is 2. The second kappa shape index (κ2) is 9.41. The van der Waals surface area contributed by atoms with Gasteiger partial charge in [0.15, 0.2) is 0 Å². The van der Waals surface area contributed by atoms with Crippen LogP contribution in [0.15, 0.2) is 85.5 Å². The third-order valence-electron chi connectivity index (χ3n) is 6.61. The first-order valence-electron chi connectivity index (χ1n) is 11.5. The average Bonchev–Trinajstić information content (AvgIpc) is 3.28. The van der Waals surface area contributed by atoms with E-state index in [-0.39, 0.29) is 12.3 Å². The Morgan fingerprint density at radius 2 is 1.85 bits per heavy atom. The fourth-order valence-corrected chi connectivity index (χ4v) is 5.11. The highest BCUT2D eigenvalue weighted by Crippen LogP contribution is 2.32. The maximum atomic E-state index is 11.2. The van der Waals surface area contributed by atoms with Gasteiger partial charge in [-0.1, -0.05) is 54.6 Å². The summed E-state index contributed by atoms with van der Waals surface area (Å²) >= 11 is 0. The largest absolute Gasteiger partial charge is 0.481 e. The predicted molar refractivity (Wildman–Crippen MR) is 127 cm³/mol. The number of rotatable bonds is 7. The van der Waals surface area contributed by atoms with Gasteiger partial charge in [0.2, 0.25) is 0 Å². The molecule has 1 aliphatic rings. The van der Waals surface area contributed by atoms with Gasteiger partial charge in [-0.2, -0.15) is 5.10 Å². The lowest BCUT2D eigenvalue weighted by Crippen LogP contribution is -2.21. The number of nitrogens with zero attached hydrogens (tertiary/aromatic N) is 3. The Kier molecular flexibility index (Phi) is 6.03. The molecular weight excluding hydrogens is 410 g/mol. The highest BCUT2D eigenvalue weighted by Gasteiger charge is 2.23. The molecule has 2 unspecified atom stereocenters. The second-order valence-electron chi connectivity index (χ2n) is 8.86. The number of hydrogen-bond donors (Lipinski definition) is 1. The lowest BCUT2D eigenvalue weighted by atomic mass is 9.81. The number of fused-ring (bicyclic) bond motifs is 1. The summed E-state index contributed by atoms with van der Waals surface area (Å²) < 4.78 is 2.07. The van der Waals surface area contributed by atoms with Crippen LogP contribution in [0.2, 0.25) is 0 Å². The summed E-state index contributed by atoms with van der Waals surface area (Å²) in [6.07, 6.45) is 10.9. The van der Waals surface area contributed by atoms with Crippen molar-refractivity contribution in [2.24, 2.45) is 5.92 Å². The summed E-state index contributed by atoms with van der Waals surface area (Å²) in [5.74, 6) is -0.186. The normalized spacial score (nSPS) is 16.2. The Morgan fingerprint density at radius 3 is 2.64 bits per heavy atom. The minimum atomic E-state index is -0.767. The molecule has 0 radical (unpaired) electrons. The molecule has 0 fully saturated rings. The Bertz CT molecular complexity index is 1200. The SMILES string of the molecule is O=C(O)Cc1cccc2c1CCC(Cn1cc(C(c3ccccc3)c3cccnc3)cn1)C2. The van der Waals surface area contributed by atoms with Crippen molar-refractivity contribution in [2.75, 3.05) is 0 Å². The highest BCUT2D eigenvalue weighted by molar-refractivity contribution is 5.71. The Labute approximate surface area is 193 Å². The van der Waals surface area contributed by atoms with Gasteiger partial charge in [0.05, 0.1) is 12.6 Å². The van der Waals surface area contributed by atoms with Gasteiger partial charge in [0, 0.05) is 36.6 Å². The van der Waals surface area contributed by atoms with Crippen molar-refractivity contribution in [3.8, 4) is 0 Å². The zero-order chi connectivity index (χ0) is 22.6. The number of carbonyl (C=O) groups is 1. The van der Waals surface area contributed by atoms with Crippen molar-refractivity contribution in [1.82, 2.24) is 14.8 Å². The van der Waals surface area contributed by atoms with Gasteiger partial charge in [-0.25, -0.2) is 0 Å². The lowest BCUT2D eigenvalue weighted by Gasteiger charge is -2.26. The molecule has 2 aromatic heterocycles. The van der Waals surface area contributed by atoms with E-state index in [9.17, 15) is 9.90 Å². The molecule has 2 atom stereocenters. The van der Waals surface area contributed by atoms with E-state index in [0.717, 1.165) is 42.5 Å². The molecule has 166 valence electrons. The van der Waals surface area contributed by atoms with Gasteiger partial charge in [0.25, 0.3) is 0 Å². The third-order valence-corrected chi connectivity index (χ3v) is 6.61. The minimum absolute atomic E-state index is 0.0966. The maximum Gasteiger partial charge on any atom is 0.307 e. The number of carboxylic acids is 1. The topological polar surface area (TPSA) is 68.0 Å². The molecule has 33 heavy (non-hydrogen) atoms. The fraction of sp³-hybridized carbons (Fsp3) is 0.250. The molecule has 5 rings (SSSR count). The molecule has 0 saturated heterocycles. The first kappa shape index (κ1) is 21.1. The van der Waals surface area contributed by atoms with E-state index < -0.39 is 5.97 Å². The molecule has 0 amide bonds. The zero-order valence-corrected chi connectivity index (χ0v) is 18.5. The van der Waals surface area contributed by atoms with Gasteiger partial charge in [-0.05, 0) is 59.1 Å². The van der Waals surface area contributed by atoms with Gasteiger partial charge >= 0.3 is 5.97 Å². The van der Waals surface area contributed by atoms with E-state index in [2.05, 4.69) is 52.3 Å².